The number of carbonyl (C=O) groups excluding carboxylic acids is 1. The van der Waals surface area contributed by atoms with Crippen molar-refractivity contribution in [2.45, 2.75) is 6.42 Å². The molecule has 0 aliphatic carbocycles. The number of hydrogen-bond donors (Lipinski definition) is 2. The largest absolute Gasteiger partial charge is 0.385 e. The summed E-state index contributed by atoms with van der Waals surface area (Å²) in [5, 5.41) is 6.58. The molecule has 1 heterocycles. The molecule has 2 rings (SSSR count). The third-order valence-electron chi connectivity index (χ3n) is 3.05. The van der Waals surface area contributed by atoms with Crippen LogP contribution in [-0.4, -0.2) is 31.2 Å². The van der Waals surface area contributed by atoms with Crippen LogP contribution in [0.5, 0.6) is 0 Å². The first-order chi connectivity index (χ1) is 11.1. The summed E-state index contributed by atoms with van der Waals surface area (Å²) in [6.45, 7) is 1.38. The molecule has 0 aliphatic heterocycles. The van der Waals surface area contributed by atoms with Crippen molar-refractivity contribution in [3.63, 3.8) is 0 Å². The minimum Gasteiger partial charge on any atom is -0.385 e. The van der Waals surface area contributed by atoms with Crippen molar-refractivity contribution in [2.24, 2.45) is 0 Å². The molecule has 0 unspecified atom stereocenters. The molecule has 0 aliphatic rings. The van der Waals surface area contributed by atoms with Gasteiger partial charge in [0, 0.05) is 32.0 Å². The molecule has 0 bridgehead atoms. The van der Waals surface area contributed by atoms with Crippen molar-refractivity contribution in [2.75, 3.05) is 30.9 Å². The molecular formula is C16H17Cl2N3O2. The van der Waals surface area contributed by atoms with Crippen LogP contribution in [-0.2, 0) is 4.74 Å². The molecule has 0 fully saturated rings. The molecule has 2 N–H and O–H groups in total. The monoisotopic (exact) mass is 353 g/mol. The fourth-order valence-electron chi connectivity index (χ4n) is 1.90. The Hall–Kier alpha value is -1.82. The molecule has 0 saturated heterocycles. The van der Waals surface area contributed by atoms with E-state index in [1.165, 1.54) is 0 Å². The number of ether oxygens (including phenoxy) is 1. The number of methoxy groups -OCH3 is 1. The van der Waals surface area contributed by atoms with Crippen molar-refractivity contribution in [1.29, 1.82) is 0 Å². The molecule has 122 valence electrons. The molecule has 5 nitrogen and oxygen atoms in total. The van der Waals surface area contributed by atoms with Gasteiger partial charge in [-0.1, -0.05) is 29.3 Å². The van der Waals surface area contributed by atoms with Gasteiger partial charge in [-0.25, -0.2) is 4.98 Å². The molecule has 0 spiro atoms. The summed E-state index contributed by atoms with van der Waals surface area (Å²) in [4.78, 5) is 16.5. The number of aromatic nitrogens is 1. The highest BCUT2D eigenvalue weighted by atomic mass is 35.5. The maximum Gasteiger partial charge on any atom is 0.255 e. The van der Waals surface area contributed by atoms with E-state index >= 15 is 0 Å². The normalized spacial score (nSPS) is 10.4. The van der Waals surface area contributed by atoms with Gasteiger partial charge >= 0.3 is 0 Å². The van der Waals surface area contributed by atoms with Gasteiger partial charge in [0.15, 0.2) is 0 Å². The van der Waals surface area contributed by atoms with E-state index in [-0.39, 0.29) is 5.91 Å². The van der Waals surface area contributed by atoms with E-state index in [0.717, 1.165) is 6.42 Å². The minimum absolute atomic E-state index is 0.281. The first-order valence-electron chi connectivity index (χ1n) is 7.06. The molecule has 0 radical (unpaired) electrons. The number of nitrogens with zero attached hydrogens (tertiary/aromatic N) is 1. The maximum absolute atomic E-state index is 12.3. The van der Waals surface area contributed by atoms with Gasteiger partial charge in [-0.2, -0.15) is 0 Å². The van der Waals surface area contributed by atoms with Crippen LogP contribution in [0, 0.1) is 0 Å². The lowest BCUT2D eigenvalue weighted by Crippen LogP contribution is -2.13. The topological polar surface area (TPSA) is 63.2 Å². The summed E-state index contributed by atoms with van der Waals surface area (Å²) < 4.78 is 4.98. The van der Waals surface area contributed by atoms with Crippen LogP contribution < -0.4 is 10.6 Å². The Kier molecular flexibility index (Phi) is 6.65. The molecular weight excluding hydrogens is 337 g/mol. The Labute approximate surface area is 145 Å². The Bertz CT molecular complexity index is 680. The molecule has 7 heteroatoms. The predicted molar refractivity (Wildman–Crippen MR) is 93.6 cm³/mol. The number of nitrogens with one attached hydrogen (secondary N) is 2. The highest BCUT2D eigenvalue weighted by molar-refractivity contribution is 6.44. The Morgan fingerprint density at radius 3 is 2.91 bits per heavy atom. The first-order valence-corrected chi connectivity index (χ1v) is 7.81. The van der Waals surface area contributed by atoms with Crippen molar-refractivity contribution >= 4 is 40.6 Å². The number of anilines is 2. The molecule has 1 aromatic heterocycles. The molecule has 2 aromatic rings. The van der Waals surface area contributed by atoms with E-state index in [2.05, 4.69) is 15.6 Å². The van der Waals surface area contributed by atoms with Crippen LogP contribution in [0.3, 0.4) is 0 Å². The molecule has 0 saturated carbocycles. The zero-order valence-electron chi connectivity index (χ0n) is 12.6. The molecule has 0 atom stereocenters. The van der Waals surface area contributed by atoms with Gasteiger partial charge in [-0.3, -0.25) is 4.79 Å². The first kappa shape index (κ1) is 17.5. The van der Waals surface area contributed by atoms with Crippen LogP contribution in [0.4, 0.5) is 11.5 Å². The van der Waals surface area contributed by atoms with E-state index in [0.29, 0.717) is 40.3 Å². The average molecular weight is 354 g/mol. The number of rotatable bonds is 7. The number of carbonyl (C=O) groups is 1. The summed E-state index contributed by atoms with van der Waals surface area (Å²) >= 11 is 12.0. The van der Waals surface area contributed by atoms with Crippen LogP contribution in [0.25, 0.3) is 0 Å². The van der Waals surface area contributed by atoms with E-state index < -0.39 is 0 Å². The minimum atomic E-state index is -0.281. The zero-order chi connectivity index (χ0) is 16.7. The van der Waals surface area contributed by atoms with E-state index in [9.17, 15) is 4.79 Å². The lowest BCUT2D eigenvalue weighted by atomic mass is 10.2. The standard InChI is InChI=1S/C16H17Cl2N3O2/c1-23-9-3-7-19-14-10-11(6-8-20-14)16(22)21-13-5-2-4-12(17)15(13)18/h2,4-6,8,10H,3,7,9H2,1H3,(H,19,20)(H,21,22). The predicted octanol–water partition coefficient (Wildman–Crippen LogP) is 4.09. The van der Waals surface area contributed by atoms with Crippen LogP contribution in [0.1, 0.15) is 16.8 Å². The number of halogens is 2. The highest BCUT2D eigenvalue weighted by Crippen LogP contribution is 2.29. The smallest absolute Gasteiger partial charge is 0.255 e. The lowest BCUT2D eigenvalue weighted by Gasteiger charge is -2.10. The van der Waals surface area contributed by atoms with E-state index in [4.69, 9.17) is 27.9 Å². The van der Waals surface area contributed by atoms with Crippen molar-refractivity contribution in [1.82, 2.24) is 4.98 Å². The Morgan fingerprint density at radius 2 is 2.13 bits per heavy atom. The van der Waals surface area contributed by atoms with Crippen LogP contribution in [0.15, 0.2) is 36.5 Å². The summed E-state index contributed by atoms with van der Waals surface area (Å²) in [7, 11) is 1.66. The Morgan fingerprint density at radius 1 is 1.30 bits per heavy atom. The lowest BCUT2D eigenvalue weighted by molar-refractivity contribution is 0.102. The third kappa shape index (κ3) is 5.10. The summed E-state index contributed by atoms with van der Waals surface area (Å²) in [6, 6.07) is 8.39. The van der Waals surface area contributed by atoms with Crippen molar-refractivity contribution in [3.05, 3.63) is 52.1 Å². The van der Waals surface area contributed by atoms with Crippen LogP contribution >= 0.6 is 23.2 Å². The fourth-order valence-corrected chi connectivity index (χ4v) is 2.24. The molecule has 1 aromatic carbocycles. The second-order valence-corrected chi connectivity index (χ2v) is 5.54. The van der Waals surface area contributed by atoms with Gasteiger partial charge in [0.05, 0.1) is 15.7 Å². The molecule has 1 amide bonds. The van der Waals surface area contributed by atoms with Gasteiger partial charge in [-0.05, 0) is 30.7 Å². The number of hydrogen-bond acceptors (Lipinski definition) is 4. The Balaban J connectivity index is 2.03. The average Bonchev–Trinajstić information content (AvgIpc) is 2.56. The van der Waals surface area contributed by atoms with Gasteiger partial charge in [0.25, 0.3) is 5.91 Å². The second-order valence-electron chi connectivity index (χ2n) is 4.76. The SMILES string of the molecule is COCCCNc1cc(C(=O)Nc2cccc(Cl)c2Cl)ccn1. The highest BCUT2D eigenvalue weighted by Gasteiger charge is 2.11. The van der Waals surface area contributed by atoms with E-state index in [1.807, 2.05) is 0 Å². The van der Waals surface area contributed by atoms with Crippen molar-refractivity contribution in [3.8, 4) is 0 Å². The fraction of sp³-hybridized carbons (Fsp3) is 0.250. The zero-order valence-corrected chi connectivity index (χ0v) is 14.1. The number of benzene rings is 1. The third-order valence-corrected chi connectivity index (χ3v) is 3.87. The number of amides is 1. The number of pyridine rings is 1. The maximum atomic E-state index is 12.3. The quantitative estimate of drug-likeness (QED) is 0.735. The van der Waals surface area contributed by atoms with Crippen LogP contribution in [0.2, 0.25) is 10.0 Å². The summed E-state index contributed by atoms with van der Waals surface area (Å²) in [5.41, 5.74) is 0.945. The molecule has 23 heavy (non-hydrogen) atoms. The second kappa shape index (κ2) is 8.72. The van der Waals surface area contributed by atoms with E-state index in [1.54, 1.807) is 43.6 Å². The van der Waals surface area contributed by atoms with Crippen molar-refractivity contribution < 1.29 is 9.53 Å². The van der Waals surface area contributed by atoms with Gasteiger partial charge in [-0.15, -0.1) is 0 Å². The van der Waals surface area contributed by atoms with Gasteiger partial charge in [0.2, 0.25) is 0 Å². The summed E-state index contributed by atoms with van der Waals surface area (Å²) in [5.74, 6) is 0.349. The van der Waals surface area contributed by atoms with Gasteiger partial charge < -0.3 is 15.4 Å². The van der Waals surface area contributed by atoms with Gasteiger partial charge in [0.1, 0.15) is 5.82 Å². The summed E-state index contributed by atoms with van der Waals surface area (Å²) in [6.07, 6.45) is 2.43.